The van der Waals surface area contributed by atoms with Crippen molar-refractivity contribution in [2.24, 2.45) is 4.99 Å². The number of quaternary nitrogens is 1. The molecule has 0 bridgehead atoms. The standard InChI is InChI=1S/C3H5ClN2.BrH/c4-3-1-5-2-6-3;/h2-3H,1H2,(H,5,6);1H. The van der Waals surface area contributed by atoms with E-state index in [4.69, 9.17) is 11.6 Å². The highest BCUT2D eigenvalue weighted by atomic mass is 79.9. The summed E-state index contributed by atoms with van der Waals surface area (Å²) < 4.78 is 0. The first-order valence-electron chi connectivity index (χ1n) is 1.87. The molecule has 0 aliphatic carbocycles. The van der Waals surface area contributed by atoms with Crippen LogP contribution in [0.25, 0.3) is 0 Å². The summed E-state index contributed by atoms with van der Waals surface area (Å²) in [6, 6.07) is 0. The second kappa shape index (κ2) is 3.41. The molecule has 1 atom stereocenters. The monoisotopic (exact) mass is 184 g/mol. The summed E-state index contributed by atoms with van der Waals surface area (Å²) in [5.41, 5.74) is 0.171. The van der Waals surface area contributed by atoms with E-state index in [0.29, 0.717) is 0 Å². The molecular formula is C3H6BrClN2. The lowest BCUT2D eigenvalue weighted by Gasteiger charge is -1.85. The Morgan fingerprint density at radius 1 is 1.86 bits per heavy atom. The van der Waals surface area contributed by atoms with Gasteiger partial charge >= 0.3 is 0 Å². The van der Waals surface area contributed by atoms with Crippen LogP contribution in [0.2, 0.25) is 0 Å². The number of hydrogen-bond donors (Lipinski definition) is 1. The summed E-state index contributed by atoms with van der Waals surface area (Å²) in [7, 11) is 0. The summed E-state index contributed by atoms with van der Waals surface area (Å²) in [5.74, 6) is 0. The second-order valence-corrected chi connectivity index (χ2v) is 1.78. The van der Waals surface area contributed by atoms with Crippen molar-refractivity contribution in [2.45, 2.75) is 5.50 Å². The molecule has 42 valence electrons. The first-order chi connectivity index (χ1) is 2.89. The third kappa shape index (κ3) is 2.26. The van der Waals surface area contributed by atoms with Crippen molar-refractivity contribution in [1.29, 1.82) is 0 Å². The topological polar surface area (TPSA) is 29.0 Å². The Bertz CT molecular complexity index is 67.3. The normalized spacial score (nSPS) is 27.3. The first kappa shape index (κ1) is 7.40. The van der Waals surface area contributed by atoms with Crippen molar-refractivity contribution in [3.05, 3.63) is 0 Å². The Balaban J connectivity index is 0.000000360. The maximum atomic E-state index is 5.53. The van der Waals surface area contributed by atoms with Crippen molar-refractivity contribution in [2.75, 3.05) is 6.54 Å². The smallest absolute Gasteiger partial charge is 0.187 e. The summed E-state index contributed by atoms with van der Waals surface area (Å²) in [5, 5.41) is 1.88. The van der Waals surface area contributed by atoms with Gasteiger partial charge in [-0.2, -0.15) is 0 Å². The molecule has 0 radical (unpaired) electrons. The van der Waals surface area contributed by atoms with Gasteiger partial charge in [0.25, 0.3) is 0 Å². The third-order valence-corrected chi connectivity index (χ3v) is 0.964. The molecular weight excluding hydrogens is 179 g/mol. The zero-order valence-electron chi connectivity index (χ0n) is 3.64. The Hall–Kier alpha value is 0.400. The van der Waals surface area contributed by atoms with Gasteiger partial charge in [0.2, 0.25) is 0 Å². The largest absolute Gasteiger partial charge is 1.00 e. The molecule has 1 unspecified atom stereocenters. The van der Waals surface area contributed by atoms with Gasteiger partial charge in [-0.05, 0) is 0 Å². The number of nitrogens with zero attached hydrogens (tertiary/aromatic N) is 1. The summed E-state index contributed by atoms with van der Waals surface area (Å²) in [6.45, 7) is 0.765. The molecule has 0 spiro atoms. The third-order valence-electron chi connectivity index (χ3n) is 0.680. The average Bonchev–Trinajstić information content (AvgIpc) is 1.86. The van der Waals surface area contributed by atoms with Crippen LogP contribution in [-0.2, 0) is 0 Å². The van der Waals surface area contributed by atoms with Crippen LogP contribution in [0.5, 0.6) is 0 Å². The molecule has 2 nitrogen and oxygen atoms in total. The van der Waals surface area contributed by atoms with Crippen molar-refractivity contribution in [3.63, 3.8) is 0 Å². The number of rotatable bonds is 0. The van der Waals surface area contributed by atoms with Crippen molar-refractivity contribution >= 4 is 17.9 Å². The van der Waals surface area contributed by atoms with Crippen LogP contribution in [0.15, 0.2) is 4.99 Å². The molecule has 1 rings (SSSR count). The van der Waals surface area contributed by atoms with E-state index in [1.807, 2.05) is 5.32 Å². The van der Waals surface area contributed by atoms with Crippen LogP contribution in [0, 0.1) is 0 Å². The average molecular weight is 185 g/mol. The predicted octanol–water partition coefficient (Wildman–Crippen LogP) is -3.84. The van der Waals surface area contributed by atoms with Gasteiger partial charge in [0.05, 0.1) is 0 Å². The number of aliphatic imine (C=N–C) groups is 1. The summed E-state index contributed by atoms with van der Waals surface area (Å²) >= 11 is 5.53. The molecule has 0 fully saturated rings. The molecule has 0 aromatic carbocycles. The SMILES string of the molecule is ClC1CN=C[NH2+]1.[Br-]. The zero-order chi connectivity index (χ0) is 4.41. The van der Waals surface area contributed by atoms with Gasteiger partial charge < -0.3 is 17.0 Å². The van der Waals surface area contributed by atoms with E-state index in [1.54, 1.807) is 6.34 Å². The van der Waals surface area contributed by atoms with Crippen LogP contribution in [-0.4, -0.2) is 18.4 Å². The van der Waals surface area contributed by atoms with E-state index >= 15 is 0 Å². The highest BCUT2D eigenvalue weighted by molar-refractivity contribution is 6.19. The summed E-state index contributed by atoms with van der Waals surface area (Å²) in [4.78, 5) is 3.85. The minimum Gasteiger partial charge on any atom is -1.00 e. The van der Waals surface area contributed by atoms with Gasteiger partial charge in [-0.25, -0.2) is 4.99 Å². The maximum absolute atomic E-state index is 5.53. The Morgan fingerprint density at radius 2 is 2.57 bits per heavy atom. The van der Waals surface area contributed by atoms with Crippen molar-refractivity contribution in [1.82, 2.24) is 0 Å². The number of alkyl halides is 1. The minimum atomic E-state index is 0. The fourth-order valence-electron chi connectivity index (χ4n) is 0.377. The molecule has 0 saturated heterocycles. The Morgan fingerprint density at radius 3 is 2.71 bits per heavy atom. The minimum absolute atomic E-state index is 0. The first-order valence-corrected chi connectivity index (χ1v) is 2.30. The van der Waals surface area contributed by atoms with Gasteiger partial charge in [0, 0.05) is 0 Å². The number of hydrogen-bond acceptors (Lipinski definition) is 1. The fourth-order valence-corrected chi connectivity index (χ4v) is 0.521. The van der Waals surface area contributed by atoms with E-state index in [-0.39, 0.29) is 22.5 Å². The molecule has 4 heteroatoms. The lowest BCUT2D eigenvalue weighted by molar-refractivity contribution is -0.536. The van der Waals surface area contributed by atoms with Crippen LogP contribution >= 0.6 is 11.6 Å². The molecule has 0 aromatic rings. The Kier molecular flexibility index (Phi) is 3.60. The lowest BCUT2D eigenvalue weighted by atomic mass is 10.7. The molecule has 2 N–H and O–H groups in total. The number of nitrogens with two attached hydrogens (primary N) is 1. The van der Waals surface area contributed by atoms with Crippen LogP contribution in [0.4, 0.5) is 0 Å². The van der Waals surface area contributed by atoms with E-state index in [2.05, 4.69) is 4.99 Å². The molecule has 1 aliphatic rings. The molecule has 7 heavy (non-hydrogen) atoms. The molecule has 1 heterocycles. The van der Waals surface area contributed by atoms with Crippen LogP contribution < -0.4 is 22.3 Å². The van der Waals surface area contributed by atoms with Crippen molar-refractivity contribution in [3.8, 4) is 0 Å². The zero-order valence-corrected chi connectivity index (χ0v) is 5.98. The van der Waals surface area contributed by atoms with Crippen LogP contribution in [0.1, 0.15) is 0 Å². The van der Waals surface area contributed by atoms with Crippen LogP contribution in [0.3, 0.4) is 0 Å². The van der Waals surface area contributed by atoms with Crippen molar-refractivity contribution < 1.29 is 22.3 Å². The van der Waals surface area contributed by atoms with E-state index in [0.717, 1.165) is 6.54 Å². The van der Waals surface area contributed by atoms with E-state index < -0.39 is 0 Å². The maximum Gasteiger partial charge on any atom is 0.187 e. The highest BCUT2D eigenvalue weighted by Gasteiger charge is 2.07. The molecule has 1 aliphatic heterocycles. The highest BCUT2D eigenvalue weighted by Crippen LogP contribution is 1.84. The lowest BCUT2D eigenvalue weighted by Crippen LogP contribution is -3.00. The van der Waals surface area contributed by atoms with Gasteiger partial charge in [0.1, 0.15) is 6.54 Å². The molecule has 0 amide bonds. The van der Waals surface area contributed by atoms with E-state index in [1.165, 1.54) is 0 Å². The second-order valence-electron chi connectivity index (χ2n) is 1.22. The van der Waals surface area contributed by atoms with Gasteiger partial charge in [-0.1, -0.05) is 11.6 Å². The van der Waals surface area contributed by atoms with Gasteiger partial charge in [-0.15, -0.1) is 0 Å². The fraction of sp³-hybridized carbons (Fsp3) is 0.667. The van der Waals surface area contributed by atoms with Gasteiger partial charge in [0.15, 0.2) is 11.8 Å². The summed E-state index contributed by atoms with van der Waals surface area (Å²) in [6.07, 6.45) is 1.75. The Labute approximate surface area is 57.7 Å². The quantitative estimate of drug-likeness (QED) is 0.296. The van der Waals surface area contributed by atoms with Gasteiger partial charge in [-0.3, -0.25) is 5.32 Å². The predicted molar refractivity (Wildman–Crippen MR) is 24.9 cm³/mol. The number of halogens is 2. The molecule has 0 aromatic heterocycles. The van der Waals surface area contributed by atoms with E-state index in [9.17, 15) is 0 Å². The molecule has 0 saturated carbocycles.